The summed E-state index contributed by atoms with van der Waals surface area (Å²) >= 11 is 10.0. The van der Waals surface area contributed by atoms with Gasteiger partial charge in [0.25, 0.3) is 0 Å². The van der Waals surface area contributed by atoms with Gasteiger partial charge < -0.3 is 5.32 Å². The monoisotopic (exact) mass is 233 g/mol. The smallest absolute Gasteiger partial charge is 0.0875 e. The van der Waals surface area contributed by atoms with E-state index in [-0.39, 0.29) is 4.87 Å². The van der Waals surface area contributed by atoms with Crippen molar-refractivity contribution in [1.29, 1.82) is 0 Å². The largest absolute Gasteiger partial charge is 0.370 e. The SMILES string of the molecule is CC(C)(Nc1cccc(Cl)c1)SS. The molecule has 4 heteroatoms. The fraction of sp³-hybridized carbons (Fsp3) is 0.333. The first kappa shape index (κ1) is 11.1. The van der Waals surface area contributed by atoms with Crippen LogP contribution in [0.4, 0.5) is 5.69 Å². The lowest BCUT2D eigenvalue weighted by atomic mass is 10.3. The van der Waals surface area contributed by atoms with Gasteiger partial charge >= 0.3 is 0 Å². The number of benzene rings is 1. The van der Waals surface area contributed by atoms with Crippen molar-refractivity contribution in [2.24, 2.45) is 0 Å². The van der Waals surface area contributed by atoms with Gasteiger partial charge in [-0.15, -0.1) is 11.7 Å². The van der Waals surface area contributed by atoms with Crippen LogP contribution in [0.15, 0.2) is 24.3 Å². The second kappa shape index (κ2) is 4.49. The van der Waals surface area contributed by atoms with E-state index in [9.17, 15) is 0 Å². The summed E-state index contributed by atoms with van der Waals surface area (Å²) in [6.45, 7) is 4.12. The van der Waals surface area contributed by atoms with Gasteiger partial charge in [0.1, 0.15) is 0 Å². The predicted molar refractivity (Wildman–Crippen MR) is 65.7 cm³/mol. The van der Waals surface area contributed by atoms with Gasteiger partial charge in [-0.05, 0) is 32.0 Å². The van der Waals surface area contributed by atoms with Crippen LogP contribution in [0.25, 0.3) is 0 Å². The third-order valence-electron chi connectivity index (χ3n) is 1.50. The Labute approximate surface area is 93.1 Å². The first-order valence-corrected chi connectivity index (χ1v) is 6.14. The highest BCUT2D eigenvalue weighted by Gasteiger charge is 2.15. The minimum atomic E-state index is -0.0895. The summed E-state index contributed by atoms with van der Waals surface area (Å²) in [5.41, 5.74) is 1.01. The fourth-order valence-corrected chi connectivity index (χ4v) is 1.43. The zero-order chi connectivity index (χ0) is 9.90. The van der Waals surface area contributed by atoms with Crippen LogP contribution in [0.1, 0.15) is 13.8 Å². The molecule has 0 aliphatic heterocycles. The van der Waals surface area contributed by atoms with E-state index in [1.807, 2.05) is 24.3 Å². The molecular weight excluding hydrogens is 222 g/mol. The maximum atomic E-state index is 5.85. The van der Waals surface area contributed by atoms with Crippen LogP contribution in [0, 0.1) is 0 Å². The number of halogens is 1. The van der Waals surface area contributed by atoms with Gasteiger partial charge in [0.05, 0.1) is 4.87 Å². The Morgan fingerprint density at radius 1 is 1.46 bits per heavy atom. The van der Waals surface area contributed by atoms with Crippen molar-refractivity contribution < 1.29 is 0 Å². The molecule has 0 aliphatic carbocycles. The van der Waals surface area contributed by atoms with Gasteiger partial charge in [0, 0.05) is 10.7 Å². The Morgan fingerprint density at radius 2 is 2.15 bits per heavy atom. The third kappa shape index (κ3) is 3.71. The van der Waals surface area contributed by atoms with E-state index in [0.717, 1.165) is 10.7 Å². The van der Waals surface area contributed by atoms with E-state index in [1.165, 1.54) is 10.8 Å². The first-order chi connectivity index (χ1) is 6.03. The van der Waals surface area contributed by atoms with E-state index >= 15 is 0 Å². The summed E-state index contributed by atoms with van der Waals surface area (Å²) in [4.78, 5) is -0.0895. The maximum Gasteiger partial charge on any atom is 0.0875 e. The van der Waals surface area contributed by atoms with Gasteiger partial charge in [0.15, 0.2) is 0 Å². The second-order valence-corrected chi connectivity index (χ2v) is 5.42. The lowest BCUT2D eigenvalue weighted by Crippen LogP contribution is -2.24. The van der Waals surface area contributed by atoms with E-state index < -0.39 is 0 Å². The molecule has 0 aromatic heterocycles. The van der Waals surface area contributed by atoms with Crippen LogP contribution in [0.3, 0.4) is 0 Å². The van der Waals surface area contributed by atoms with Gasteiger partial charge in [-0.2, -0.15) is 0 Å². The van der Waals surface area contributed by atoms with Crippen molar-refractivity contribution in [3.05, 3.63) is 29.3 Å². The van der Waals surface area contributed by atoms with Crippen molar-refractivity contribution in [3.63, 3.8) is 0 Å². The van der Waals surface area contributed by atoms with Crippen molar-refractivity contribution in [2.75, 3.05) is 5.32 Å². The van der Waals surface area contributed by atoms with Crippen LogP contribution in [-0.4, -0.2) is 4.87 Å². The van der Waals surface area contributed by atoms with E-state index in [0.29, 0.717) is 0 Å². The quantitative estimate of drug-likeness (QED) is 0.464. The topological polar surface area (TPSA) is 12.0 Å². The highest BCUT2D eigenvalue weighted by molar-refractivity contribution is 8.69. The number of rotatable bonds is 3. The Bertz CT molecular complexity index is 289. The van der Waals surface area contributed by atoms with Crippen molar-refractivity contribution in [1.82, 2.24) is 0 Å². The molecular formula is C9H12ClNS2. The van der Waals surface area contributed by atoms with Crippen LogP contribution < -0.4 is 5.32 Å². The standard InChI is InChI=1S/C9H12ClNS2/c1-9(2,13-12)11-8-5-3-4-7(10)6-8/h3-6,11-12H,1-2H3. The molecule has 0 saturated carbocycles. The molecule has 1 aromatic carbocycles. The zero-order valence-corrected chi connectivity index (χ0v) is 10.0. The molecule has 0 saturated heterocycles. The summed E-state index contributed by atoms with van der Waals surface area (Å²) in [7, 11) is 1.47. The number of nitrogens with one attached hydrogen (secondary N) is 1. The second-order valence-electron chi connectivity index (χ2n) is 3.24. The molecule has 0 unspecified atom stereocenters. The number of thiol groups is 1. The van der Waals surface area contributed by atoms with Gasteiger partial charge in [-0.3, -0.25) is 0 Å². The van der Waals surface area contributed by atoms with Crippen LogP contribution in [-0.2, 0) is 0 Å². The average molecular weight is 234 g/mol. The van der Waals surface area contributed by atoms with E-state index in [2.05, 4.69) is 30.8 Å². The molecule has 1 aromatic rings. The van der Waals surface area contributed by atoms with Crippen molar-refractivity contribution in [3.8, 4) is 0 Å². The molecule has 72 valence electrons. The molecule has 0 amide bonds. The number of hydrogen-bond donors (Lipinski definition) is 2. The molecule has 0 spiro atoms. The molecule has 1 nitrogen and oxygen atoms in total. The van der Waals surface area contributed by atoms with Crippen LogP contribution >= 0.6 is 34.1 Å². The third-order valence-corrected chi connectivity index (χ3v) is 3.66. The van der Waals surface area contributed by atoms with Gasteiger partial charge in [-0.1, -0.05) is 28.5 Å². The summed E-state index contributed by atoms with van der Waals surface area (Å²) in [6, 6.07) is 7.66. The fourth-order valence-electron chi connectivity index (χ4n) is 0.937. The van der Waals surface area contributed by atoms with Gasteiger partial charge in [0.2, 0.25) is 0 Å². The highest BCUT2D eigenvalue weighted by atomic mass is 35.5. The average Bonchev–Trinajstić information content (AvgIpc) is 2.03. The summed E-state index contributed by atoms with van der Waals surface area (Å²) in [5.74, 6) is 0. The van der Waals surface area contributed by atoms with Crippen LogP contribution in [0.2, 0.25) is 5.02 Å². The van der Waals surface area contributed by atoms with E-state index in [1.54, 1.807) is 0 Å². The normalized spacial score (nSPS) is 11.4. The maximum absolute atomic E-state index is 5.85. The first-order valence-electron chi connectivity index (χ1n) is 3.90. The molecule has 0 heterocycles. The van der Waals surface area contributed by atoms with Crippen LogP contribution in [0.5, 0.6) is 0 Å². The number of hydrogen-bond acceptors (Lipinski definition) is 3. The highest BCUT2D eigenvalue weighted by Crippen LogP contribution is 2.29. The molecule has 0 bridgehead atoms. The molecule has 1 rings (SSSR count). The number of anilines is 1. The summed E-state index contributed by atoms with van der Waals surface area (Å²) < 4.78 is 0. The lowest BCUT2D eigenvalue weighted by Gasteiger charge is -2.24. The molecule has 1 N–H and O–H groups in total. The Balaban J connectivity index is 2.74. The molecule has 0 radical (unpaired) electrons. The van der Waals surface area contributed by atoms with Crippen molar-refractivity contribution >= 4 is 39.7 Å². The summed E-state index contributed by atoms with van der Waals surface area (Å²) in [5, 5.41) is 4.05. The molecule has 0 aliphatic rings. The predicted octanol–water partition coefficient (Wildman–Crippen LogP) is 4.07. The lowest BCUT2D eigenvalue weighted by molar-refractivity contribution is 0.829. The van der Waals surface area contributed by atoms with E-state index in [4.69, 9.17) is 11.6 Å². The molecule has 13 heavy (non-hydrogen) atoms. The Kier molecular flexibility index (Phi) is 3.83. The minimum Gasteiger partial charge on any atom is -0.370 e. The Hall–Kier alpha value is 0.01000. The molecule has 0 atom stereocenters. The van der Waals surface area contributed by atoms with Gasteiger partial charge in [-0.25, -0.2) is 0 Å². The molecule has 0 fully saturated rings. The van der Waals surface area contributed by atoms with Crippen molar-refractivity contribution in [2.45, 2.75) is 18.7 Å². The Morgan fingerprint density at radius 3 is 2.69 bits per heavy atom. The minimum absolute atomic E-state index is 0.0895. The zero-order valence-electron chi connectivity index (χ0n) is 7.54. The summed E-state index contributed by atoms with van der Waals surface area (Å²) in [6.07, 6.45) is 0.